The molecular formula is C36H22N2O. The smallest absolute Gasteiger partial charge is 0.135 e. The zero-order valence-electron chi connectivity index (χ0n) is 21.0. The molecule has 0 saturated heterocycles. The first-order chi connectivity index (χ1) is 19.3. The summed E-state index contributed by atoms with van der Waals surface area (Å²) in [6.07, 6.45) is 0. The molecule has 0 spiro atoms. The number of para-hydroxylation sites is 1. The average Bonchev–Trinajstić information content (AvgIpc) is 3.39. The van der Waals surface area contributed by atoms with Gasteiger partial charge in [-0.25, -0.2) is 9.97 Å². The SMILES string of the molecule is c1ccc(-c2ccc3ccc4ccc(-c5ccccc5-c5ccc6oc7ccccc7c6c5)nc4c3n2)cc1. The third-order valence-corrected chi connectivity index (χ3v) is 7.48. The monoisotopic (exact) mass is 498 g/mol. The molecule has 8 aromatic rings. The Morgan fingerprint density at radius 3 is 1.85 bits per heavy atom. The Morgan fingerprint density at radius 1 is 0.410 bits per heavy atom. The molecule has 5 aromatic carbocycles. The number of fused-ring (bicyclic) bond motifs is 6. The van der Waals surface area contributed by atoms with E-state index in [9.17, 15) is 0 Å². The van der Waals surface area contributed by atoms with E-state index >= 15 is 0 Å². The molecule has 0 bridgehead atoms. The molecule has 0 aliphatic rings. The summed E-state index contributed by atoms with van der Waals surface area (Å²) in [6, 6.07) is 46.1. The standard InChI is InChI=1S/C36H22N2O/c1-2-8-23(9-3-1)31-19-16-24-14-15-25-17-20-32(38-36(25)35(24)37-31)28-11-5-4-10-27(28)26-18-21-34-30(22-26)29-12-6-7-13-33(29)39-34/h1-22H. The van der Waals surface area contributed by atoms with Gasteiger partial charge in [-0.15, -0.1) is 0 Å². The molecule has 0 unspecified atom stereocenters. The molecule has 3 aromatic heterocycles. The Balaban J connectivity index is 1.31. The maximum Gasteiger partial charge on any atom is 0.135 e. The van der Waals surface area contributed by atoms with Crippen LogP contribution in [0.5, 0.6) is 0 Å². The van der Waals surface area contributed by atoms with Crippen molar-refractivity contribution in [2.75, 3.05) is 0 Å². The van der Waals surface area contributed by atoms with E-state index in [0.717, 1.165) is 77.4 Å². The van der Waals surface area contributed by atoms with Gasteiger partial charge in [0.15, 0.2) is 0 Å². The van der Waals surface area contributed by atoms with Crippen molar-refractivity contribution in [1.29, 1.82) is 0 Å². The van der Waals surface area contributed by atoms with Crippen LogP contribution in [-0.2, 0) is 0 Å². The predicted molar refractivity (Wildman–Crippen MR) is 161 cm³/mol. The van der Waals surface area contributed by atoms with Crippen molar-refractivity contribution in [2.24, 2.45) is 0 Å². The van der Waals surface area contributed by atoms with Gasteiger partial charge in [-0.1, -0.05) is 103 Å². The summed E-state index contributed by atoms with van der Waals surface area (Å²) < 4.78 is 6.07. The molecule has 0 aliphatic carbocycles. The van der Waals surface area contributed by atoms with Gasteiger partial charge in [-0.05, 0) is 41.5 Å². The van der Waals surface area contributed by atoms with Crippen LogP contribution in [0.4, 0.5) is 0 Å². The number of furan rings is 1. The lowest BCUT2D eigenvalue weighted by Gasteiger charge is -2.12. The van der Waals surface area contributed by atoms with Gasteiger partial charge >= 0.3 is 0 Å². The molecule has 3 nitrogen and oxygen atoms in total. The van der Waals surface area contributed by atoms with E-state index in [0.29, 0.717) is 0 Å². The third-order valence-electron chi connectivity index (χ3n) is 7.48. The van der Waals surface area contributed by atoms with Crippen LogP contribution in [0, 0.1) is 0 Å². The molecule has 0 amide bonds. The fraction of sp³-hybridized carbons (Fsp3) is 0. The highest BCUT2D eigenvalue weighted by atomic mass is 16.3. The van der Waals surface area contributed by atoms with E-state index < -0.39 is 0 Å². The second-order valence-corrected chi connectivity index (χ2v) is 9.82. The summed E-state index contributed by atoms with van der Waals surface area (Å²) in [4.78, 5) is 10.3. The predicted octanol–water partition coefficient (Wildman–Crippen LogP) is 9.68. The molecular weight excluding hydrogens is 476 g/mol. The van der Waals surface area contributed by atoms with Gasteiger partial charge in [-0.2, -0.15) is 0 Å². The second kappa shape index (κ2) is 8.64. The molecule has 0 aliphatic heterocycles. The minimum atomic E-state index is 0.896. The van der Waals surface area contributed by atoms with Gasteiger partial charge in [0, 0.05) is 32.7 Å². The highest BCUT2D eigenvalue weighted by Crippen LogP contribution is 2.37. The molecule has 39 heavy (non-hydrogen) atoms. The van der Waals surface area contributed by atoms with Crippen LogP contribution in [0.25, 0.3) is 77.4 Å². The second-order valence-electron chi connectivity index (χ2n) is 9.82. The van der Waals surface area contributed by atoms with Crippen LogP contribution in [-0.4, -0.2) is 9.97 Å². The largest absolute Gasteiger partial charge is 0.456 e. The first-order valence-electron chi connectivity index (χ1n) is 13.1. The van der Waals surface area contributed by atoms with Gasteiger partial charge in [0.05, 0.1) is 22.4 Å². The van der Waals surface area contributed by atoms with Gasteiger partial charge in [-0.3, -0.25) is 0 Å². The van der Waals surface area contributed by atoms with Crippen LogP contribution in [0.2, 0.25) is 0 Å². The van der Waals surface area contributed by atoms with Crippen LogP contribution in [0.1, 0.15) is 0 Å². The van der Waals surface area contributed by atoms with Crippen LogP contribution >= 0.6 is 0 Å². The lowest BCUT2D eigenvalue weighted by Crippen LogP contribution is -1.92. The summed E-state index contributed by atoms with van der Waals surface area (Å²) in [5.74, 6) is 0. The van der Waals surface area contributed by atoms with E-state index in [1.54, 1.807) is 0 Å². The first-order valence-corrected chi connectivity index (χ1v) is 13.1. The number of pyridine rings is 2. The average molecular weight is 499 g/mol. The van der Waals surface area contributed by atoms with Crippen LogP contribution in [0.3, 0.4) is 0 Å². The maximum atomic E-state index is 6.07. The van der Waals surface area contributed by atoms with Gasteiger partial charge in [0.25, 0.3) is 0 Å². The Labute approximate surface area is 225 Å². The Kier molecular flexibility index (Phi) is 4.82. The topological polar surface area (TPSA) is 38.9 Å². The summed E-state index contributed by atoms with van der Waals surface area (Å²) >= 11 is 0. The molecule has 0 N–H and O–H groups in total. The highest BCUT2D eigenvalue weighted by molar-refractivity contribution is 6.07. The molecule has 3 heteroatoms. The number of nitrogens with zero attached hydrogens (tertiary/aromatic N) is 2. The van der Waals surface area contributed by atoms with E-state index in [1.807, 2.05) is 30.3 Å². The molecule has 0 radical (unpaired) electrons. The minimum absolute atomic E-state index is 0.896. The van der Waals surface area contributed by atoms with Crippen molar-refractivity contribution in [3.05, 3.63) is 133 Å². The fourth-order valence-electron chi connectivity index (χ4n) is 5.54. The number of rotatable bonds is 3. The molecule has 0 fully saturated rings. The van der Waals surface area contributed by atoms with Crippen LogP contribution < -0.4 is 0 Å². The van der Waals surface area contributed by atoms with Crippen LogP contribution in [0.15, 0.2) is 138 Å². The number of aromatic nitrogens is 2. The molecule has 0 saturated carbocycles. The summed E-state index contributed by atoms with van der Waals surface area (Å²) in [5, 5.41) is 4.40. The Bertz CT molecular complexity index is 2180. The van der Waals surface area contributed by atoms with E-state index in [1.165, 1.54) is 0 Å². The number of benzene rings is 5. The van der Waals surface area contributed by atoms with Crippen molar-refractivity contribution < 1.29 is 4.42 Å². The van der Waals surface area contributed by atoms with Gasteiger partial charge < -0.3 is 4.42 Å². The Hall–Kier alpha value is -5.28. The Morgan fingerprint density at radius 2 is 1.03 bits per heavy atom. The lowest BCUT2D eigenvalue weighted by molar-refractivity contribution is 0.669. The van der Waals surface area contributed by atoms with E-state index in [4.69, 9.17) is 14.4 Å². The molecule has 3 heterocycles. The number of hydrogen-bond acceptors (Lipinski definition) is 3. The molecule has 8 rings (SSSR count). The maximum absolute atomic E-state index is 6.07. The molecule has 0 atom stereocenters. The lowest BCUT2D eigenvalue weighted by atomic mass is 9.95. The van der Waals surface area contributed by atoms with Crippen molar-refractivity contribution in [3.8, 4) is 33.6 Å². The van der Waals surface area contributed by atoms with Crippen molar-refractivity contribution in [3.63, 3.8) is 0 Å². The zero-order valence-corrected chi connectivity index (χ0v) is 21.0. The normalized spacial score (nSPS) is 11.6. The van der Waals surface area contributed by atoms with Crippen molar-refractivity contribution >= 4 is 43.7 Å². The van der Waals surface area contributed by atoms with E-state index in [-0.39, 0.29) is 0 Å². The number of hydrogen-bond donors (Lipinski definition) is 0. The third kappa shape index (κ3) is 3.59. The summed E-state index contributed by atoms with van der Waals surface area (Å²) in [5.41, 5.74) is 9.95. The minimum Gasteiger partial charge on any atom is -0.456 e. The van der Waals surface area contributed by atoms with Gasteiger partial charge in [0.1, 0.15) is 11.2 Å². The zero-order chi connectivity index (χ0) is 25.8. The van der Waals surface area contributed by atoms with E-state index in [2.05, 4.69) is 103 Å². The summed E-state index contributed by atoms with van der Waals surface area (Å²) in [6.45, 7) is 0. The fourth-order valence-corrected chi connectivity index (χ4v) is 5.54. The first kappa shape index (κ1) is 21.8. The molecule has 182 valence electrons. The quantitative estimate of drug-likeness (QED) is 0.228. The summed E-state index contributed by atoms with van der Waals surface area (Å²) in [7, 11) is 0. The van der Waals surface area contributed by atoms with Gasteiger partial charge in [0.2, 0.25) is 0 Å². The highest BCUT2D eigenvalue weighted by Gasteiger charge is 2.14. The van der Waals surface area contributed by atoms with Crippen molar-refractivity contribution in [2.45, 2.75) is 0 Å². The van der Waals surface area contributed by atoms with Crippen molar-refractivity contribution in [1.82, 2.24) is 9.97 Å².